The van der Waals surface area contributed by atoms with Gasteiger partial charge in [0.1, 0.15) is 11.1 Å². The fourth-order valence-electron chi connectivity index (χ4n) is 10.1. The topological polar surface area (TPSA) is 364 Å². The van der Waals surface area contributed by atoms with Crippen molar-refractivity contribution < 1.29 is 55.4 Å². The molecule has 0 saturated carbocycles. The molecular formula is C63H65N16O13S3+. The van der Waals surface area contributed by atoms with E-state index in [0.717, 1.165) is 27.1 Å². The van der Waals surface area contributed by atoms with E-state index >= 15 is 0 Å². The summed E-state index contributed by atoms with van der Waals surface area (Å²) in [5.74, 6) is 0.536. The van der Waals surface area contributed by atoms with Crippen molar-refractivity contribution in [3.63, 3.8) is 0 Å². The number of rotatable bonds is 32. The number of sulfonamides is 2. The number of aromatic nitrogens is 5. The number of hydrogen-bond donors (Lipinski definition) is 9. The van der Waals surface area contributed by atoms with Crippen LogP contribution in [0.2, 0.25) is 0 Å². The maximum atomic E-state index is 13.8. The van der Waals surface area contributed by atoms with Crippen LogP contribution in [0.15, 0.2) is 180 Å². The average Bonchev–Trinajstić information content (AvgIpc) is 1.00. The highest BCUT2D eigenvalue weighted by Crippen LogP contribution is 2.34. The Morgan fingerprint density at radius 3 is 1.97 bits per heavy atom. The van der Waals surface area contributed by atoms with Gasteiger partial charge in [-0.3, -0.25) is 54.4 Å². The third-order valence-electron chi connectivity index (χ3n) is 14.8. The van der Waals surface area contributed by atoms with Gasteiger partial charge >= 0.3 is 0 Å². The van der Waals surface area contributed by atoms with Crippen LogP contribution in [0.1, 0.15) is 38.2 Å². The van der Waals surface area contributed by atoms with Crippen molar-refractivity contribution in [3.8, 4) is 11.1 Å². The first kappa shape index (κ1) is 67.3. The molecule has 0 radical (unpaired) electrons. The average molecular weight is 1350 g/mol. The normalized spacial score (nSPS) is 11.5. The van der Waals surface area contributed by atoms with E-state index in [1.54, 1.807) is 147 Å². The fourth-order valence-corrected chi connectivity index (χ4v) is 13.4. The third kappa shape index (κ3) is 17.2. The summed E-state index contributed by atoms with van der Waals surface area (Å²) in [4.78, 5) is 66.1. The number of anilines is 5. The number of hydrazine groups is 2. The molecule has 0 saturated heterocycles. The summed E-state index contributed by atoms with van der Waals surface area (Å²) in [6.07, 6.45) is 6.31. The lowest BCUT2D eigenvalue weighted by Gasteiger charge is -2.17. The molecule has 0 spiro atoms. The first-order valence-electron chi connectivity index (χ1n) is 29.2. The molecule has 3 aromatic heterocycles. The van der Waals surface area contributed by atoms with Crippen LogP contribution in [0.3, 0.4) is 0 Å². The molecule has 10 rings (SSSR count). The molecule has 0 unspecified atom stereocenters. The van der Waals surface area contributed by atoms with Crippen LogP contribution in [0.4, 0.5) is 39.8 Å². The minimum atomic E-state index is -4.13. The molecule has 29 nitrogen and oxygen atoms in total. The summed E-state index contributed by atoms with van der Waals surface area (Å²) in [7, 11) is -8.15. The molecule has 0 aliphatic rings. The fraction of sp³-hybridized carbons (Fsp3) is 0.190. The van der Waals surface area contributed by atoms with E-state index in [9.17, 15) is 46.7 Å². The molecule has 0 atom stereocenters. The number of fused-ring (bicyclic) bond motifs is 2. The number of nitro benzene ring substituents is 2. The zero-order valence-corrected chi connectivity index (χ0v) is 53.9. The molecule has 0 bridgehead atoms. The van der Waals surface area contributed by atoms with E-state index in [1.165, 1.54) is 41.2 Å². The molecule has 10 aromatic rings. The smallest absolute Gasteiger partial charge is 0.290 e. The molecule has 9 N–H and O–H groups in total. The Balaban J connectivity index is 0.617. The van der Waals surface area contributed by atoms with Crippen molar-refractivity contribution in [1.82, 2.24) is 41.5 Å². The van der Waals surface area contributed by atoms with Gasteiger partial charge in [-0.1, -0.05) is 35.2 Å². The standard InChI is InChI=1S/C63H64N16O13S3/c1-41-10-24-58(94(86,87)72-53-20-16-51(17-21-53)71-74-91-40-76-56-32-54(78(82)83)22-12-47(56)34-66-76)43(3)61(41)46-8-5-7-45(31-46)38-90-68-27-30-93-29-26-64-63(81)49-9-6-28-75(36-49)37-60(80)69-62-42(2)11-25-59(44(62)4)95(88,89)73-52-18-14-50(15-19-52)70-65-39-92-77-57-33-55(79(84)85)23-13-48(57)35-67-77/h5-25,28,31-36,65,68,70-74H,26-27,29-30,37-40H2,1-4H3,(H-,64,69,80,81)/p+1. The molecule has 7 aromatic carbocycles. The van der Waals surface area contributed by atoms with Crippen LogP contribution in [0.5, 0.6) is 0 Å². The van der Waals surface area contributed by atoms with Crippen LogP contribution < -0.4 is 56.8 Å². The molecule has 0 aliphatic carbocycles. The van der Waals surface area contributed by atoms with Gasteiger partial charge in [0, 0.05) is 88.4 Å². The summed E-state index contributed by atoms with van der Waals surface area (Å²) < 4.78 is 63.4. The van der Waals surface area contributed by atoms with Gasteiger partial charge in [0.05, 0.1) is 49.8 Å². The second kappa shape index (κ2) is 30.4. The van der Waals surface area contributed by atoms with E-state index < -0.39 is 35.8 Å². The number of nitrogens with one attached hydrogen (secondary N) is 9. The van der Waals surface area contributed by atoms with Crippen molar-refractivity contribution in [3.05, 3.63) is 224 Å². The van der Waals surface area contributed by atoms with Gasteiger partial charge in [-0.2, -0.15) is 26.9 Å². The number of benzene rings is 7. The van der Waals surface area contributed by atoms with Gasteiger partial charge in [-0.15, -0.1) is 10.7 Å². The number of nitrogens with zero attached hydrogens (tertiary/aromatic N) is 7. The van der Waals surface area contributed by atoms with Crippen LogP contribution in [-0.4, -0.2) is 89.5 Å². The largest absolute Gasteiger partial charge is 0.379 e. The molecule has 32 heteroatoms. The maximum absolute atomic E-state index is 13.8. The Bertz CT molecular complexity index is 4710. The molecule has 0 aliphatic heterocycles. The Labute approximate surface area is 548 Å². The van der Waals surface area contributed by atoms with Crippen LogP contribution in [-0.2, 0) is 54.4 Å². The number of hydroxylamine groups is 1. The highest BCUT2D eigenvalue weighted by molar-refractivity contribution is 7.99. The minimum Gasteiger partial charge on any atom is -0.379 e. The monoisotopic (exact) mass is 1350 g/mol. The molecule has 2 amide bonds. The number of thioether (sulfide) groups is 1. The first-order chi connectivity index (χ1) is 45.7. The predicted octanol–water partition coefficient (Wildman–Crippen LogP) is 8.32. The number of non-ortho nitro benzene ring substituents is 2. The highest BCUT2D eigenvalue weighted by atomic mass is 32.2. The number of hydrogen-bond acceptors (Lipinski definition) is 21. The maximum Gasteiger partial charge on any atom is 0.290 e. The number of pyridine rings is 1. The van der Waals surface area contributed by atoms with Crippen LogP contribution in [0.25, 0.3) is 32.9 Å². The Kier molecular flexibility index (Phi) is 21.6. The lowest BCUT2D eigenvalue weighted by atomic mass is 9.95. The number of carbonyl (C=O) groups is 2. The van der Waals surface area contributed by atoms with Crippen molar-refractivity contribution in [2.45, 2.75) is 57.4 Å². The molecule has 3 heterocycles. The molecular weight excluding hydrogens is 1280 g/mol. The zero-order chi connectivity index (χ0) is 67.2. The number of nitro groups is 2. The number of amides is 2. The molecule has 492 valence electrons. The minimum absolute atomic E-state index is 0.0404. The van der Waals surface area contributed by atoms with Gasteiger partial charge in [-0.25, -0.2) is 27.0 Å². The van der Waals surface area contributed by atoms with Crippen molar-refractivity contribution in [1.29, 1.82) is 0 Å². The molecule has 0 fully saturated rings. The quantitative estimate of drug-likeness (QED) is 0.00628. The summed E-state index contributed by atoms with van der Waals surface area (Å²) >= 11 is 1.61. The third-order valence-corrected chi connectivity index (χ3v) is 18.8. The van der Waals surface area contributed by atoms with E-state index in [-0.39, 0.29) is 59.4 Å². The summed E-state index contributed by atoms with van der Waals surface area (Å²) in [6.45, 7) is 7.89. The van der Waals surface area contributed by atoms with Crippen molar-refractivity contribution in [2.75, 3.05) is 56.9 Å². The van der Waals surface area contributed by atoms with Gasteiger partial charge in [0.15, 0.2) is 25.9 Å². The van der Waals surface area contributed by atoms with E-state index in [0.29, 0.717) is 91.4 Å². The van der Waals surface area contributed by atoms with Gasteiger partial charge in [0.25, 0.3) is 43.2 Å². The summed E-state index contributed by atoms with van der Waals surface area (Å²) in [6, 6.07) is 39.1. The number of aryl methyl sites for hydroxylation is 2. The Hall–Kier alpha value is -10.6. The summed E-state index contributed by atoms with van der Waals surface area (Å²) in [5, 5.41) is 37.9. The SMILES string of the molecule is Cc1ccc(S(=O)(=O)Nc2ccc(NNCOn3ncc4ccc([N+](=O)[O-])cc43)cc2)c(C)c1NC(=O)C[n+]1cccc(C(=O)NCCSCCNOCc2cccc(-c3c(C)ccc(S(=O)(=O)Nc4ccc(NNOCn5ncc6ccc([N+](=O)[O-])cc65)cc4)c3C)c2)c1. The first-order valence-corrected chi connectivity index (χ1v) is 33.3. The van der Waals surface area contributed by atoms with E-state index in [2.05, 4.69) is 57.6 Å². The second-order valence-electron chi connectivity index (χ2n) is 21.4. The summed E-state index contributed by atoms with van der Waals surface area (Å²) in [5.41, 5.74) is 22.3. The van der Waals surface area contributed by atoms with Gasteiger partial charge in [-0.05, 0) is 152 Å². The lowest BCUT2D eigenvalue weighted by Crippen LogP contribution is -2.41. The van der Waals surface area contributed by atoms with Crippen molar-refractivity contribution >= 4 is 105 Å². The number of carbonyl (C=O) groups excluding carboxylic acids is 2. The van der Waals surface area contributed by atoms with Gasteiger partial charge in [0.2, 0.25) is 6.54 Å². The molecule has 95 heavy (non-hydrogen) atoms. The Morgan fingerprint density at radius 1 is 0.653 bits per heavy atom. The van der Waals surface area contributed by atoms with E-state index in [4.69, 9.17) is 14.5 Å². The van der Waals surface area contributed by atoms with Gasteiger partial charge < -0.3 is 20.9 Å². The van der Waals surface area contributed by atoms with Crippen molar-refractivity contribution in [2.24, 2.45) is 0 Å². The van der Waals surface area contributed by atoms with Crippen LogP contribution >= 0.6 is 11.8 Å². The Morgan fingerprint density at radius 2 is 1.27 bits per heavy atom. The lowest BCUT2D eigenvalue weighted by molar-refractivity contribution is -0.684. The van der Waals surface area contributed by atoms with E-state index in [1.807, 2.05) is 31.2 Å². The zero-order valence-electron chi connectivity index (χ0n) is 51.5. The van der Waals surface area contributed by atoms with Crippen LogP contribution in [0, 0.1) is 47.9 Å². The predicted molar refractivity (Wildman–Crippen MR) is 358 cm³/mol. The highest BCUT2D eigenvalue weighted by Gasteiger charge is 2.24. The second-order valence-corrected chi connectivity index (χ2v) is 26.0.